The number of ether oxygens (including phenoxy) is 3. The molecule has 0 unspecified atom stereocenters. The Morgan fingerprint density at radius 2 is 1.85 bits per heavy atom. The Hall–Kier alpha value is -3.17. The number of nitriles is 1. The highest BCUT2D eigenvalue weighted by molar-refractivity contribution is 6.30. The summed E-state index contributed by atoms with van der Waals surface area (Å²) < 4.78 is 16.4. The van der Waals surface area contributed by atoms with Crippen LogP contribution >= 0.6 is 11.6 Å². The van der Waals surface area contributed by atoms with Crippen LogP contribution in [0.4, 0.5) is 0 Å². The van der Waals surface area contributed by atoms with Gasteiger partial charge in [0.2, 0.25) is 0 Å². The summed E-state index contributed by atoms with van der Waals surface area (Å²) in [6.07, 6.45) is 1.26. The molecule has 0 aliphatic heterocycles. The summed E-state index contributed by atoms with van der Waals surface area (Å²) in [6.45, 7) is 0.608. The van der Waals surface area contributed by atoms with Crippen LogP contribution in [0.3, 0.4) is 0 Å². The third-order valence-electron chi connectivity index (χ3n) is 3.27. The van der Waals surface area contributed by atoms with Gasteiger partial charge in [0, 0.05) is 5.02 Å². The van der Waals surface area contributed by atoms with Gasteiger partial charge in [0.25, 0.3) is 0 Å². The van der Waals surface area contributed by atoms with E-state index in [1.54, 1.807) is 48.5 Å². The highest BCUT2D eigenvalue weighted by Crippen LogP contribution is 2.29. The van der Waals surface area contributed by atoms with E-state index in [0.29, 0.717) is 34.4 Å². The lowest BCUT2D eigenvalue weighted by Crippen LogP contribution is -2.09. The topological polar surface area (TPSA) is 88.8 Å². The van der Waals surface area contributed by atoms with E-state index < -0.39 is 5.97 Å². The van der Waals surface area contributed by atoms with Gasteiger partial charge < -0.3 is 19.3 Å². The molecule has 0 saturated heterocycles. The number of carbonyl (C=O) groups is 1. The molecule has 6 nitrogen and oxygen atoms in total. The number of benzene rings is 2. The van der Waals surface area contributed by atoms with Crippen molar-refractivity contribution in [2.75, 3.05) is 20.3 Å². The van der Waals surface area contributed by atoms with E-state index in [2.05, 4.69) is 0 Å². The number of methoxy groups -OCH3 is 1. The third kappa shape index (κ3) is 5.43. The molecule has 134 valence electrons. The first kappa shape index (κ1) is 19.2. The Morgan fingerprint density at radius 3 is 2.46 bits per heavy atom. The van der Waals surface area contributed by atoms with Gasteiger partial charge >= 0.3 is 5.97 Å². The van der Waals surface area contributed by atoms with Crippen LogP contribution in [-0.2, 0) is 4.79 Å². The van der Waals surface area contributed by atoms with Crippen molar-refractivity contribution in [2.24, 2.45) is 0 Å². The predicted octanol–water partition coefficient (Wildman–Crippen LogP) is 3.80. The van der Waals surface area contributed by atoms with Crippen LogP contribution in [0.15, 0.2) is 48.0 Å². The van der Waals surface area contributed by atoms with E-state index in [1.165, 1.54) is 13.2 Å². The van der Waals surface area contributed by atoms with E-state index in [0.717, 1.165) is 0 Å². The second kappa shape index (κ2) is 9.35. The van der Waals surface area contributed by atoms with Gasteiger partial charge in [-0.1, -0.05) is 17.7 Å². The number of aliphatic carboxylic acids is 1. The fourth-order valence-electron chi connectivity index (χ4n) is 2.04. The summed E-state index contributed by atoms with van der Waals surface area (Å²) in [6, 6.07) is 13.5. The van der Waals surface area contributed by atoms with Crippen molar-refractivity contribution >= 4 is 23.6 Å². The Kier molecular flexibility index (Phi) is 6.89. The maximum Gasteiger partial charge on any atom is 0.346 e. The molecule has 0 bridgehead atoms. The second-order valence-electron chi connectivity index (χ2n) is 5.04. The maximum atomic E-state index is 10.9. The fourth-order valence-corrected chi connectivity index (χ4v) is 2.17. The molecule has 0 fully saturated rings. The van der Waals surface area contributed by atoms with Crippen LogP contribution in [0.25, 0.3) is 6.08 Å². The maximum absolute atomic E-state index is 10.9. The zero-order valence-electron chi connectivity index (χ0n) is 13.9. The van der Waals surface area contributed by atoms with Crippen LogP contribution in [0, 0.1) is 11.3 Å². The van der Waals surface area contributed by atoms with E-state index in [1.807, 2.05) is 0 Å². The lowest BCUT2D eigenvalue weighted by Gasteiger charge is -2.12. The van der Waals surface area contributed by atoms with Gasteiger partial charge in [-0.3, -0.25) is 0 Å². The normalized spacial score (nSPS) is 10.7. The first-order valence-electron chi connectivity index (χ1n) is 7.58. The summed E-state index contributed by atoms with van der Waals surface area (Å²) in [4.78, 5) is 10.9. The summed E-state index contributed by atoms with van der Waals surface area (Å²) in [5, 5.41) is 18.3. The summed E-state index contributed by atoms with van der Waals surface area (Å²) in [5.41, 5.74) is 0.155. The summed E-state index contributed by atoms with van der Waals surface area (Å²) in [7, 11) is 1.47. The molecule has 7 heteroatoms. The highest BCUT2D eigenvalue weighted by Gasteiger charge is 2.09. The number of rotatable bonds is 8. The van der Waals surface area contributed by atoms with Crippen molar-refractivity contribution in [1.29, 1.82) is 5.26 Å². The second-order valence-corrected chi connectivity index (χ2v) is 5.47. The van der Waals surface area contributed by atoms with Gasteiger partial charge in [-0.2, -0.15) is 5.26 Å². The van der Waals surface area contributed by atoms with E-state index in [4.69, 9.17) is 36.2 Å². The molecule has 0 heterocycles. The zero-order chi connectivity index (χ0) is 18.9. The van der Waals surface area contributed by atoms with Crippen molar-refractivity contribution < 1.29 is 24.1 Å². The predicted molar refractivity (Wildman–Crippen MR) is 96.7 cm³/mol. The lowest BCUT2D eigenvalue weighted by molar-refractivity contribution is -0.132. The van der Waals surface area contributed by atoms with Gasteiger partial charge in [-0.25, -0.2) is 4.79 Å². The van der Waals surface area contributed by atoms with Crippen LogP contribution < -0.4 is 14.2 Å². The van der Waals surface area contributed by atoms with Crippen LogP contribution in [0.2, 0.25) is 5.02 Å². The van der Waals surface area contributed by atoms with Crippen molar-refractivity contribution in [3.63, 3.8) is 0 Å². The smallest absolute Gasteiger partial charge is 0.346 e. The minimum atomic E-state index is -1.29. The van der Waals surface area contributed by atoms with Gasteiger partial charge in [0.1, 0.15) is 30.6 Å². The Bertz CT molecular complexity index is 840. The molecule has 2 aromatic carbocycles. The Balaban J connectivity index is 1.98. The first-order valence-corrected chi connectivity index (χ1v) is 7.95. The molecule has 0 aliphatic rings. The van der Waals surface area contributed by atoms with Crippen molar-refractivity contribution in [1.82, 2.24) is 0 Å². The molecule has 1 N–H and O–H groups in total. The Morgan fingerprint density at radius 1 is 1.15 bits per heavy atom. The van der Waals surface area contributed by atoms with Gasteiger partial charge in [0.05, 0.1) is 7.11 Å². The number of halogens is 1. The van der Waals surface area contributed by atoms with Crippen LogP contribution in [0.5, 0.6) is 17.2 Å². The molecule has 0 aliphatic carbocycles. The summed E-state index contributed by atoms with van der Waals surface area (Å²) in [5.74, 6) is 0.306. The molecule has 26 heavy (non-hydrogen) atoms. The van der Waals surface area contributed by atoms with Crippen molar-refractivity contribution in [2.45, 2.75) is 0 Å². The van der Waals surface area contributed by atoms with E-state index in [-0.39, 0.29) is 12.2 Å². The molecule has 0 amide bonds. The average molecular weight is 374 g/mol. The SMILES string of the molecule is COc1cc(C=C(C#N)C(=O)O)ccc1OCCOc1ccc(Cl)cc1. The average Bonchev–Trinajstić information content (AvgIpc) is 2.65. The van der Waals surface area contributed by atoms with Gasteiger partial charge in [-0.05, 0) is 48.0 Å². The number of hydrogen-bond donors (Lipinski definition) is 1. The largest absolute Gasteiger partial charge is 0.493 e. The number of hydrogen-bond acceptors (Lipinski definition) is 5. The number of carboxylic acid groups (broad SMARTS) is 1. The molecule has 0 spiro atoms. The molecular weight excluding hydrogens is 358 g/mol. The Labute approximate surface area is 155 Å². The van der Waals surface area contributed by atoms with Crippen molar-refractivity contribution in [3.8, 4) is 23.3 Å². The van der Waals surface area contributed by atoms with E-state index >= 15 is 0 Å². The molecule has 0 saturated carbocycles. The minimum Gasteiger partial charge on any atom is -0.493 e. The van der Waals surface area contributed by atoms with Gasteiger partial charge in [-0.15, -0.1) is 0 Å². The minimum absolute atomic E-state index is 0.284. The number of nitrogens with zero attached hydrogens (tertiary/aromatic N) is 1. The first-order chi connectivity index (χ1) is 12.5. The number of carboxylic acids is 1. The third-order valence-corrected chi connectivity index (χ3v) is 3.52. The quantitative estimate of drug-likeness (QED) is 0.430. The molecule has 2 aromatic rings. The lowest BCUT2D eigenvalue weighted by atomic mass is 10.1. The molecule has 0 aromatic heterocycles. The molecular formula is C19H16ClNO5. The highest BCUT2D eigenvalue weighted by atomic mass is 35.5. The summed E-state index contributed by atoms with van der Waals surface area (Å²) >= 11 is 5.81. The molecule has 0 atom stereocenters. The molecule has 2 rings (SSSR count). The standard InChI is InChI=1S/C19H16ClNO5/c1-24-18-11-13(10-14(12-21)19(22)23)2-7-17(18)26-9-8-25-16-5-3-15(20)4-6-16/h2-7,10-11H,8-9H2,1H3,(H,22,23). The van der Waals surface area contributed by atoms with Gasteiger partial charge in [0.15, 0.2) is 11.5 Å². The van der Waals surface area contributed by atoms with E-state index in [9.17, 15) is 4.79 Å². The van der Waals surface area contributed by atoms with Crippen LogP contribution in [0.1, 0.15) is 5.56 Å². The van der Waals surface area contributed by atoms with Crippen LogP contribution in [-0.4, -0.2) is 31.4 Å². The fraction of sp³-hybridized carbons (Fsp3) is 0.158. The van der Waals surface area contributed by atoms with Crippen molar-refractivity contribution in [3.05, 3.63) is 58.6 Å². The monoisotopic (exact) mass is 373 g/mol. The molecule has 0 radical (unpaired) electrons. The zero-order valence-corrected chi connectivity index (χ0v) is 14.7.